The van der Waals surface area contributed by atoms with Gasteiger partial charge < -0.3 is 16.2 Å². The van der Waals surface area contributed by atoms with Crippen molar-refractivity contribution in [2.75, 3.05) is 24.2 Å². The Labute approximate surface area is 111 Å². The molecule has 4 N–H and O–H groups in total. The fourth-order valence-corrected chi connectivity index (χ4v) is 2.64. The number of benzene rings is 1. The highest BCUT2D eigenvalue weighted by molar-refractivity contribution is 5.65. The molecule has 6 nitrogen and oxygen atoms in total. The quantitative estimate of drug-likeness (QED) is 0.430. The molecule has 0 saturated heterocycles. The van der Waals surface area contributed by atoms with Crippen LogP contribution in [0.3, 0.4) is 0 Å². The van der Waals surface area contributed by atoms with Crippen LogP contribution >= 0.6 is 0 Å². The normalized spacial score (nSPS) is 17.3. The molecule has 2 rings (SSSR count). The van der Waals surface area contributed by atoms with Gasteiger partial charge in [-0.2, -0.15) is 0 Å². The van der Waals surface area contributed by atoms with E-state index in [0.717, 1.165) is 31.4 Å². The Balaban J connectivity index is 2.03. The molecule has 1 saturated carbocycles. The first-order chi connectivity index (χ1) is 9.06. The number of hydrogen-bond donors (Lipinski definition) is 3. The molecule has 104 valence electrons. The maximum atomic E-state index is 10.7. The van der Waals surface area contributed by atoms with E-state index in [1.54, 1.807) is 12.1 Å². The van der Waals surface area contributed by atoms with Crippen LogP contribution in [0.1, 0.15) is 25.7 Å². The average Bonchev–Trinajstić information content (AvgIpc) is 2.85. The van der Waals surface area contributed by atoms with Gasteiger partial charge in [-0.05, 0) is 25.0 Å². The number of aliphatic hydroxyl groups excluding tert-OH is 1. The second-order valence-corrected chi connectivity index (χ2v) is 5.25. The van der Waals surface area contributed by atoms with Gasteiger partial charge in [0.25, 0.3) is 5.69 Å². The molecule has 1 aliphatic carbocycles. The average molecular weight is 265 g/mol. The second-order valence-electron chi connectivity index (χ2n) is 5.25. The molecule has 0 unspecified atom stereocenters. The van der Waals surface area contributed by atoms with E-state index >= 15 is 0 Å². The minimum absolute atomic E-state index is 0.0590. The van der Waals surface area contributed by atoms with Crippen LogP contribution < -0.4 is 11.1 Å². The van der Waals surface area contributed by atoms with Gasteiger partial charge in [-0.3, -0.25) is 10.1 Å². The Morgan fingerprint density at radius 2 is 2.11 bits per heavy atom. The summed E-state index contributed by atoms with van der Waals surface area (Å²) in [4.78, 5) is 10.2. The molecule has 1 aromatic carbocycles. The lowest BCUT2D eigenvalue weighted by molar-refractivity contribution is -0.383. The van der Waals surface area contributed by atoms with E-state index in [1.165, 1.54) is 6.07 Å². The lowest BCUT2D eigenvalue weighted by Gasteiger charge is -2.27. The fourth-order valence-electron chi connectivity index (χ4n) is 2.64. The SMILES string of the molecule is Nc1cc(NCC2(CO)CCCC2)ccc1[N+](=O)[O-]. The summed E-state index contributed by atoms with van der Waals surface area (Å²) in [5.74, 6) is 0. The predicted molar refractivity (Wildman–Crippen MR) is 74.0 cm³/mol. The molecular weight excluding hydrogens is 246 g/mol. The van der Waals surface area contributed by atoms with Crippen molar-refractivity contribution in [2.24, 2.45) is 5.41 Å². The van der Waals surface area contributed by atoms with Crippen molar-refractivity contribution in [1.29, 1.82) is 0 Å². The zero-order valence-corrected chi connectivity index (χ0v) is 10.8. The van der Waals surface area contributed by atoms with Gasteiger partial charge in [-0.15, -0.1) is 0 Å². The van der Waals surface area contributed by atoms with Gasteiger partial charge in [0.1, 0.15) is 5.69 Å². The number of nitrogen functional groups attached to an aromatic ring is 1. The monoisotopic (exact) mass is 265 g/mol. The smallest absolute Gasteiger partial charge is 0.292 e. The summed E-state index contributed by atoms with van der Waals surface area (Å²) < 4.78 is 0. The summed E-state index contributed by atoms with van der Waals surface area (Å²) in [6.45, 7) is 0.837. The van der Waals surface area contributed by atoms with Crippen molar-refractivity contribution in [3.63, 3.8) is 0 Å². The molecule has 1 fully saturated rings. The first-order valence-corrected chi connectivity index (χ1v) is 6.45. The highest BCUT2D eigenvalue weighted by Crippen LogP contribution is 2.38. The molecule has 0 heterocycles. The molecule has 0 amide bonds. The van der Waals surface area contributed by atoms with Crippen LogP contribution in [0.15, 0.2) is 18.2 Å². The minimum atomic E-state index is -0.495. The van der Waals surface area contributed by atoms with Gasteiger partial charge in [-0.25, -0.2) is 0 Å². The fraction of sp³-hybridized carbons (Fsp3) is 0.538. The van der Waals surface area contributed by atoms with E-state index in [9.17, 15) is 15.2 Å². The van der Waals surface area contributed by atoms with Gasteiger partial charge in [0.15, 0.2) is 0 Å². The van der Waals surface area contributed by atoms with E-state index in [1.807, 2.05) is 0 Å². The van der Waals surface area contributed by atoms with Gasteiger partial charge >= 0.3 is 0 Å². The van der Waals surface area contributed by atoms with Crippen LogP contribution in [0.4, 0.5) is 17.1 Å². The molecule has 6 heteroatoms. The van der Waals surface area contributed by atoms with Gasteiger partial charge in [0.2, 0.25) is 0 Å². The summed E-state index contributed by atoms with van der Waals surface area (Å²) in [5, 5.41) is 23.4. The summed E-state index contributed by atoms with van der Waals surface area (Å²) >= 11 is 0. The third kappa shape index (κ3) is 2.96. The van der Waals surface area contributed by atoms with E-state index in [-0.39, 0.29) is 23.4 Å². The highest BCUT2D eigenvalue weighted by atomic mass is 16.6. The lowest BCUT2D eigenvalue weighted by atomic mass is 9.87. The van der Waals surface area contributed by atoms with Crippen LogP contribution in [-0.4, -0.2) is 23.2 Å². The number of hydrogen-bond acceptors (Lipinski definition) is 5. The lowest BCUT2D eigenvalue weighted by Crippen LogP contribution is -2.30. The molecule has 1 aromatic rings. The first kappa shape index (κ1) is 13.6. The minimum Gasteiger partial charge on any atom is -0.396 e. The number of nitrogens with two attached hydrogens (primary N) is 1. The molecule has 0 bridgehead atoms. The third-order valence-corrected chi connectivity index (χ3v) is 3.89. The Morgan fingerprint density at radius 1 is 1.42 bits per heavy atom. The topological polar surface area (TPSA) is 101 Å². The number of aliphatic hydroxyl groups is 1. The predicted octanol–water partition coefficient (Wildman–Crippen LogP) is 2.14. The molecule has 0 aliphatic heterocycles. The molecule has 1 aliphatic rings. The number of nitro groups is 1. The summed E-state index contributed by atoms with van der Waals surface area (Å²) in [6, 6.07) is 4.62. The first-order valence-electron chi connectivity index (χ1n) is 6.45. The number of nitrogens with one attached hydrogen (secondary N) is 1. The molecule has 0 spiro atoms. The van der Waals surface area contributed by atoms with Crippen LogP contribution in [0.2, 0.25) is 0 Å². The van der Waals surface area contributed by atoms with E-state index in [2.05, 4.69) is 5.32 Å². The van der Waals surface area contributed by atoms with Crippen molar-refractivity contribution in [2.45, 2.75) is 25.7 Å². The molecular formula is C13H19N3O3. The maximum Gasteiger partial charge on any atom is 0.292 e. The van der Waals surface area contributed by atoms with Gasteiger partial charge in [0, 0.05) is 23.7 Å². The Morgan fingerprint density at radius 3 is 2.63 bits per heavy atom. The van der Waals surface area contributed by atoms with Crippen LogP contribution in [-0.2, 0) is 0 Å². The second kappa shape index (κ2) is 5.44. The number of rotatable bonds is 5. The molecule has 0 radical (unpaired) electrons. The number of nitro benzene ring substituents is 1. The maximum absolute atomic E-state index is 10.7. The van der Waals surface area contributed by atoms with Crippen molar-refractivity contribution in [3.8, 4) is 0 Å². The molecule has 19 heavy (non-hydrogen) atoms. The van der Waals surface area contributed by atoms with Crippen LogP contribution in [0.5, 0.6) is 0 Å². The Bertz CT molecular complexity index is 470. The number of anilines is 2. The summed E-state index contributed by atoms with van der Waals surface area (Å²) in [7, 11) is 0. The van der Waals surface area contributed by atoms with Crippen molar-refractivity contribution >= 4 is 17.1 Å². The largest absolute Gasteiger partial charge is 0.396 e. The van der Waals surface area contributed by atoms with Crippen molar-refractivity contribution < 1.29 is 10.0 Å². The van der Waals surface area contributed by atoms with E-state index < -0.39 is 4.92 Å². The zero-order valence-electron chi connectivity index (χ0n) is 10.8. The van der Waals surface area contributed by atoms with Gasteiger partial charge in [0.05, 0.1) is 11.5 Å². The zero-order chi connectivity index (χ0) is 13.9. The Kier molecular flexibility index (Phi) is 3.90. The van der Waals surface area contributed by atoms with E-state index in [0.29, 0.717) is 6.54 Å². The summed E-state index contributed by atoms with van der Waals surface area (Å²) in [5.41, 5.74) is 6.41. The van der Waals surface area contributed by atoms with Crippen molar-refractivity contribution in [3.05, 3.63) is 28.3 Å². The van der Waals surface area contributed by atoms with Crippen LogP contribution in [0.25, 0.3) is 0 Å². The highest BCUT2D eigenvalue weighted by Gasteiger charge is 2.32. The van der Waals surface area contributed by atoms with Crippen LogP contribution in [0, 0.1) is 15.5 Å². The molecule has 0 aromatic heterocycles. The third-order valence-electron chi connectivity index (χ3n) is 3.89. The summed E-state index contributed by atoms with van der Waals surface area (Å²) in [6.07, 6.45) is 4.31. The van der Waals surface area contributed by atoms with Gasteiger partial charge in [-0.1, -0.05) is 12.8 Å². The van der Waals surface area contributed by atoms with Crippen molar-refractivity contribution in [1.82, 2.24) is 0 Å². The Hall–Kier alpha value is -1.82. The molecule has 0 atom stereocenters. The number of nitrogens with zero attached hydrogens (tertiary/aromatic N) is 1. The van der Waals surface area contributed by atoms with E-state index in [4.69, 9.17) is 5.73 Å². The standard InChI is InChI=1S/C13H19N3O3/c14-11-7-10(3-4-12(11)16(18)19)15-8-13(9-17)5-1-2-6-13/h3-4,7,15,17H,1-2,5-6,8-9,14H2.